The summed E-state index contributed by atoms with van der Waals surface area (Å²) in [7, 11) is 1.92. The summed E-state index contributed by atoms with van der Waals surface area (Å²) in [6.45, 7) is 0.811. The molecule has 1 heterocycles. The second-order valence-corrected chi connectivity index (χ2v) is 6.15. The normalized spacial score (nSPS) is 26.8. The number of aromatic nitrogens is 1. The highest BCUT2D eigenvalue weighted by Gasteiger charge is 2.41. The molecule has 0 bridgehead atoms. The molecule has 1 fully saturated rings. The zero-order valence-corrected chi connectivity index (χ0v) is 14.0. The number of pyridine rings is 1. The highest BCUT2D eigenvalue weighted by atomic mass is 79.9. The van der Waals surface area contributed by atoms with Gasteiger partial charge >= 0.3 is 0 Å². The molecular formula is C13H19BrCl2N2O. The molecule has 2 atom stereocenters. The van der Waals surface area contributed by atoms with Crippen LogP contribution in [-0.2, 0) is 5.60 Å². The first-order valence-corrected chi connectivity index (χ1v) is 7.43. The standard InChI is InChI=1S/C13H18BrClN2O.ClH/c1-16-7-9-4-2-3-5-13(9,18)10-8-17-12(15)6-11(10)14;/h6,8-9,16,18H,2-5,7H2,1H3;1H. The molecule has 3 nitrogen and oxygen atoms in total. The van der Waals surface area contributed by atoms with E-state index >= 15 is 0 Å². The summed E-state index contributed by atoms with van der Waals surface area (Å²) in [5, 5.41) is 14.7. The molecule has 0 spiro atoms. The number of rotatable bonds is 3. The Kier molecular flexibility index (Phi) is 6.54. The lowest BCUT2D eigenvalue weighted by Gasteiger charge is -2.40. The van der Waals surface area contributed by atoms with Crippen LogP contribution in [0.1, 0.15) is 31.2 Å². The van der Waals surface area contributed by atoms with Crippen LogP contribution in [0.15, 0.2) is 16.7 Å². The van der Waals surface area contributed by atoms with Crippen molar-refractivity contribution in [3.05, 3.63) is 27.5 Å². The molecule has 1 aliphatic rings. The van der Waals surface area contributed by atoms with E-state index in [0.717, 1.165) is 35.8 Å². The maximum atomic E-state index is 11.1. The minimum atomic E-state index is -0.808. The molecule has 0 saturated heterocycles. The van der Waals surface area contributed by atoms with Gasteiger partial charge in [-0.1, -0.05) is 40.4 Å². The van der Waals surface area contributed by atoms with E-state index in [-0.39, 0.29) is 18.3 Å². The van der Waals surface area contributed by atoms with E-state index in [1.165, 1.54) is 6.42 Å². The van der Waals surface area contributed by atoms with E-state index in [1.54, 1.807) is 12.3 Å². The molecule has 0 radical (unpaired) electrons. The summed E-state index contributed by atoms with van der Waals surface area (Å²) in [6, 6.07) is 1.75. The molecule has 1 aliphatic carbocycles. The molecular weight excluding hydrogens is 351 g/mol. The minimum Gasteiger partial charge on any atom is -0.385 e. The SMILES string of the molecule is CNCC1CCCCC1(O)c1cnc(Cl)cc1Br.Cl. The molecule has 19 heavy (non-hydrogen) atoms. The number of hydrogen-bond donors (Lipinski definition) is 2. The lowest BCUT2D eigenvalue weighted by molar-refractivity contribution is -0.0538. The third-order valence-corrected chi connectivity index (χ3v) is 4.64. The van der Waals surface area contributed by atoms with E-state index in [9.17, 15) is 5.11 Å². The zero-order valence-electron chi connectivity index (χ0n) is 10.8. The largest absolute Gasteiger partial charge is 0.385 e. The summed E-state index contributed by atoms with van der Waals surface area (Å²) in [6.07, 6.45) is 5.73. The molecule has 0 amide bonds. The second-order valence-electron chi connectivity index (χ2n) is 4.91. The Morgan fingerprint density at radius 2 is 2.32 bits per heavy atom. The summed E-state index contributed by atoms with van der Waals surface area (Å²) < 4.78 is 0.841. The average Bonchev–Trinajstić information content (AvgIpc) is 2.32. The summed E-state index contributed by atoms with van der Waals surface area (Å²) in [5.41, 5.74) is 0.0457. The van der Waals surface area contributed by atoms with Gasteiger partial charge in [0.25, 0.3) is 0 Å². The molecule has 2 N–H and O–H groups in total. The van der Waals surface area contributed by atoms with E-state index < -0.39 is 5.60 Å². The maximum Gasteiger partial charge on any atom is 0.130 e. The van der Waals surface area contributed by atoms with Crippen molar-refractivity contribution in [2.75, 3.05) is 13.6 Å². The fourth-order valence-corrected chi connectivity index (χ4v) is 3.78. The lowest BCUT2D eigenvalue weighted by Crippen LogP contribution is -2.43. The predicted molar refractivity (Wildman–Crippen MR) is 84.0 cm³/mol. The monoisotopic (exact) mass is 368 g/mol. The van der Waals surface area contributed by atoms with E-state index in [4.69, 9.17) is 11.6 Å². The van der Waals surface area contributed by atoms with Gasteiger partial charge in [-0.25, -0.2) is 4.98 Å². The van der Waals surface area contributed by atoms with Crippen molar-refractivity contribution in [1.82, 2.24) is 10.3 Å². The van der Waals surface area contributed by atoms with E-state index in [1.807, 2.05) is 7.05 Å². The van der Waals surface area contributed by atoms with Crippen molar-refractivity contribution in [3.63, 3.8) is 0 Å². The summed E-state index contributed by atoms with van der Waals surface area (Å²) in [4.78, 5) is 4.11. The van der Waals surface area contributed by atoms with Crippen molar-refractivity contribution >= 4 is 39.9 Å². The molecule has 1 saturated carbocycles. The van der Waals surface area contributed by atoms with Crippen molar-refractivity contribution in [2.45, 2.75) is 31.3 Å². The van der Waals surface area contributed by atoms with Gasteiger partial charge in [-0.05, 0) is 26.0 Å². The van der Waals surface area contributed by atoms with E-state index in [0.29, 0.717) is 5.15 Å². The number of halogens is 3. The van der Waals surface area contributed by atoms with Gasteiger partial charge in [0.15, 0.2) is 0 Å². The first-order valence-electron chi connectivity index (χ1n) is 6.26. The van der Waals surface area contributed by atoms with Crippen LogP contribution >= 0.6 is 39.9 Å². The van der Waals surface area contributed by atoms with Crippen LogP contribution in [0.2, 0.25) is 5.15 Å². The van der Waals surface area contributed by atoms with Crippen molar-refractivity contribution < 1.29 is 5.11 Å². The first kappa shape index (κ1) is 17.2. The van der Waals surface area contributed by atoms with Crippen LogP contribution in [0.25, 0.3) is 0 Å². The third kappa shape index (κ3) is 3.61. The van der Waals surface area contributed by atoms with Gasteiger partial charge in [0.05, 0.1) is 5.60 Å². The fraction of sp³-hybridized carbons (Fsp3) is 0.615. The van der Waals surface area contributed by atoms with Crippen molar-refractivity contribution in [1.29, 1.82) is 0 Å². The Balaban J connectivity index is 0.00000180. The van der Waals surface area contributed by atoms with Crippen LogP contribution in [0.5, 0.6) is 0 Å². The zero-order chi connectivity index (χ0) is 13.2. The van der Waals surface area contributed by atoms with Crippen LogP contribution in [0.4, 0.5) is 0 Å². The van der Waals surface area contributed by atoms with Gasteiger partial charge in [-0.15, -0.1) is 12.4 Å². The van der Waals surface area contributed by atoms with Gasteiger partial charge in [-0.3, -0.25) is 0 Å². The predicted octanol–water partition coefficient (Wildman–Crippen LogP) is 3.52. The number of hydrogen-bond acceptors (Lipinski definition) is 3. The Hall–Kier alpha value is 0.130. The maximum absolute atomic E-state index is 11.1. The highest BCUT2D eigenvalue weighted by molar-refractivity contribution is 9.10. The topological polar surface area (TPSA) is 45.1 Å². The van der Waals surface area contributed by atoms with E-state index in [2.05, 4.69) is 26.2 Å². The summed E-state index contributed by atoms with van der Waals surface area (Å²) >= 11 is 9.36. The van der Waals surface area contributed by atoms with Gasteiger partial charge in [0, 0.05) is 28.7 Å². The molecule has 0 aromatic carbocycles. The fourth-order valence-electron chi connectivity index (χ4n) is 2.83. The highest BCUT2D eigenvalue weighted by Crippen LogP contribution is 2.44. The molecule has 6 heteroatoms. The quantitative estimate of drug-likeness (QED) is 0.801. The Bertz CT molecular complexity index is 431. The van der Waals surface area contributed by atoms with Crippen LogP contribution in [-0.4, -0.2) is 23.7 Å². The second kappa shape index (κ2) is 7.23. The lowest BCUT2D eigenvalue weighted by atomic mass is 9.72. The Morgan fingerprint density at radius 3 is 2.95 bits per heavy atom. The smallest absolute Gasteiger partial charge is 0.130 e. The van der Waals surface area contributed by atoms with Crippen LogP contribution < -0.4 is 5.32 Å². The van der Waals surface area contributed by atoms with Gasteiger partial charge in [0.2, 0.25) is 0 Å². The summed E-state index contributed by atoms with van der Waals surface area (Å²) in [5.74, 6) is 0.218. The average molecular weight is 370 g/mol. The van der Waals surface area contributed by atoms with Crippen molar-refractivity contribution in [3.8, 4) is 0 Å². The first-order chi connectivity index (χ1) is 8.58. The number of aliphatic hydroxyl groups is 1. The number of nitrogens with zero attached hydrogens (tertiary/aromatic N) is 1. The molecule has 0 aliphatic heterocycles. The molecule has 2 unspecified atom stereocenters. The minimum absolute atomic E-state index is 0. The van der Waals surface area contributed by atoms with Gasteiger partial charge in [-0.2, -0.15) is 0 Å². The Morgan fingerprint density at radius 1 is 1.58 bits per heavy atom. The van der Waals surface area contributed by atoms with Gasteiger partial charge < -0.3 is 10.4 Å². The van der Waals surface area contributed by atoms with Crippen molar-refractivity contribution in [2.24, 2.45) is 5.92 Å². The van der Waals surface area contributed by atoms with Crippen LogP contribution in [0.3, 0.4) is 0 Å². The third-order valence-electron chi connectivity index (χ3n) is 3.77. The Labute approximate surface area is 133 Å². The molecule has 1 aromatic rings. The molecule has 108 valence electrons. The molecule has 2 rings (SSSR count). The number of nitrogens with one attached hydrogen (secondary N) is 1. The van der Waals surface area contributed by atoms with Gasteiger partial charge in [0.1, 0.15) is 5.15 Å². The molecule has 1 aromatic heterocycles. The van der Waals surface area contributed by atoms with Crippen LogP contribution in [0, 0.1) is 5.92 Å².